The van der Waals surface area contributed by atoms with Crippen LogP contribution in [0, 0.1) is 0 Å². The van der Waals surface area contributed by atoms with Crippen molar-refractivity contribution >= 4 is 23.7 Å². The van der Waals surface area contributed by atoms with Crippen LogP contribution in [0.25, 0.3) is 0 Å². The Morgan fingerprint density at radius 3 is 2.43 bits per heavy atom. The van der Waals surface area contributed by atoms with Gasteiger partial charge in [-0.05, 0) is 29.1 Å². The maximum absolute atomic E-state index is 13.0. The van der Waals surface area contributed by atoms with Gasteiger partial charge in [-0.1, -0.05) is 18.2 Å². The Morgan fingerprint density at radius 1 is 1.09 bits per heavy atom. The lowest BCUT2D eigenvalue weighted by Gasteiger charge is -2.35. The molecule has 0 radical (unpaired) electrons. The molecule has 126 valence electrons. The van der Waals surface area contributed by atoms with Crippen LogP contribution < -0.4 is 5.32 Å². The van der Waals surface area contributed by atoms with Gasteiger partial charge in [0.15, 0.2) is 0 Å². The second kappa shape index (κ2) is 7.66. The lowest BCUT2D eigenvalue weighted by atomic mass is 10.00. The fourth-order valence-electron chi connectivity index (χ4n) is 2.83. The summed E-state index contributed by atoms with van der Waals surface area (Å²) in [4.78, 5) is 3.33. The van der Waals surface area contributed by atoms with Crippen molar-refractivity contribution in [1.29, 1.82) is 0 Å². The van der Waals surface area contributed by atoms with E-state index in [4.69, 9.17) is 0 Å². The molecule has 7 heteroatoms. The molecule has 0 saturated carbocycles. The number of nitrogens with one attached hydrogen (secondary N) is 1. The van der Waals surface area contributed by atoms with Crippen molar-refractivity contribution in [3.05, 3.63) is 57.8 Å². The molecule has 0 aliphatic carbocycles. The molecule has 0 bridgehead atoms. The summed E-state index contributed by atoms with van der Waals surface area (Å²) >= 11 is 1.59. The molecule has 1 saturated heterocycles. The molecule has 1 aliphatic rings. The van der Waals surface area contributed by atoms with E-state index in [1.807, 2.05) is 17.5 Å². The average molecular weight is 363 g/mol. The van der Waals surface area contributed by atoms with Gasteiger partial charge in [0.25, 0.3) is 0 Å². The molecule has 1 N–H and O–H groups in total. The molecule has 1 atom stereocenters. The van der Waals surface area contributed by atoms with Gasteiger partial charge in [-0.3, -0.25) is 4.90 Å². The number of piperazine rings is 1. The number of hydrogen-bond donors (Lipinski definition) is 1. The molecule has 2 nitrogen and oxygen atoms in total. The standard InChI is InChI=1S/C16H17F3N2S.ClH/c17-16(18,19)13-4-1-3-12(11-13)15(14-5-2-10-22-14)21-8-6-20-7-9-21;/h1-5,10-11,15,20H,6-9H2;1H/t15-;/m0./s1. The highest BCUT2D eigenvalue weighted by Gasteiger charge is 2.32. The van der Waals surface area contributed by atoms with Crippen LogP contribution in [0.15, 0.2) is 41.8 Å². The zero-order chi connectivity index (χ0) is 15.6. The first-order valence-corrected chi connectivity index (χ1v) is 8.09. The van der Waals surface area contributed by atoms with Crippen LogP contribution in [-0.4, -0.2) is 31.1 Å². The van der Waals surface area contributed by atoms with Crippen LogP contribution in [0.2, 0.25) is 0 Å². The normalized spacial score (nSPS) is 17.5. The number of benzene rings is 1. The lowest BCUT2D eigenvalue weighted by Crippen LogP contribution is -2.45. The molecular formula is C16H18ClF3N2S. The maximum Gasteiger partial charge on any atom is 0.416 e. The van der Waals surface area contributed by atoms with Gasteiger partial charge in [0, 0.05) is 31.1 Å². The van der Waals surface area contributed by atoms with E-state index >= 15 is 0 Å². The average Bonchev–Trinajstić information content (AvgIpc) is 3.02. The summed E-state index contributed by atoms with van der Waals surface area (Å²) in [6.45, 7) is 3.39. The van der Waals surface area contributed by atoms with Crippen LogP contribution in [0.5, 0.6) is 0 Å². The first-order valence-electron chi connectivity index (χ1n) is 7.21. The maximum atomic E-state index is 13.0. The summed E-state index contributed by atoms with van der Waals surface area (Å²) < 4.78 is 39.0. The molecule has 2 heterocycles. The first-order chi connectivity index (χ1) is 10.6. The van der Waals surface area contributed by atoms with E-state index in [1.165, 1.54) is 12.1 Å². The smallest absolute Gasteiger partial charge is 0.314 e. The fourth-order valence-corrected chi connectivity index (χ4v) is 3.71. The van der Waals surface area contributed by atoms with Gasteiger partial charge >= 0.3 is 6.18 Å². The third-order valence-corrected chi connectivity index (χ3v) is 4.78. The Kier molecular flexibility index (Phi) is 6.08. The molecule has 1 fully saturated rings. The van der Waals surface area contributed by atoms with Crippen LogP contribution in [0.1, 0.15) is 22.0 Å². The summed E-state index contributed by atoms with van der Waals surface area (Å²) in [5.74, 6) is 0. The van der Waals surface area contributed by atoms with Gasteiger partial charge in [-0.2, -0.15) is 13.2 Å². The van der Waals surface area contributed by atoms with Crippen LogP contribution >= 0.6 is 23.7 Å². The predicted octanol–water partition coefficient (Wildman–Crippen LogP) is 4.18. The SMILES string of the molecule is Cl.FC(F)(F)c1cccc([C@@H](c2cccs2)N2CCNCC2)c1. The Balaban J connectivity index is 0.00000192. The molecule has 3 rings (SSSR count). The molecular weight excluding hydrogens is 345 g/mol. The van der Waals surface area contributed by atoms with Gasteiger partial charge in [0.1, 0.15) is 0 Å². The quantitative estimate of drug-likeness (QED) is 0.881. The van der Waals surface area contributed by atoms with Gasteiger partial charge in [0.05, 0.1) is 11.6 Å². The van der Waals surface area contributed by atoms with Crippen molar-refractivity contribution in [2.75, 3.05) is 26.2 Å². The second-order valence-corrected chi connectivity index (χ2v) is 6.31. The minimum atomic E-state index is -4.31. The van der Waals surface area contributed by atoms with E-state index in [2.05, 4.69) is 10.2 Å². The lowest BCUT2D eigenvalue weighted by molar-refractivity contribution is -0.137. The molecule has 2 aromatic rings. The number of hydrogen-bond acceptors (Lipinski definition) is 3. The van der Waals surface area contributed by atoms with E-state index in [0.29, 0.717) is 5.56 Å². The van der Waals surface area contributed by atoms with Crippen LogP contribution in [-0.2, 0) is 6.18 Å². The fraction of sp³-hybridized carbons (Fsp3) is 0.375. The Morgan fingerprint density at radius 2 is 1.83 bits per heavy atom. The first kappa shape index (κ1) is 18.3. The van der Waals surface area contributed by atoms with Crippen molar-refractivity contribution in [3.8, 4) is 0 Å². The summed E-state index contributed by atoms with van der Waals surface area (Å²) in [5.41, 5.74) is 0.126. The van der Waals surface area contributed by atoms with E-state index in [1.54, 1.807) is 17.4 Å². The van der Waals surface area contributed by atoms with Gasteiger partial charge in [-0.15, -0.1) is 23.7 Å². The molecule has 1 aromatic carbocycles. The summed E-state index contributed by atoms with van der Waals surface area (Å²) in [5, 5.41) is 5.25. The molecule has 23 heavy (non-hydrogen) atoms. The third-order valence-electron chi connectivity index (χ3n) is 3.86. The zero-order valence-corrected chi connectivity index (χ0v) is 14.0. The number of halogens is 4. The van der Waals surface area contributed by atoms with E-state index in [0.717, 1.165) is 37.1 Å². The number of rotatable bonds is 3. The minimum Gasteiger partial charge on any atom is -0.314 e. The number of nitrogens with zero attached hydrogens (tertiary/aromatic N) is 1. The van der Waals surface area contributed by atoms with Crippen LogP contribution in [0.3, 0.4) is 0 Å². The van der Waals surface area contributed by atoms with Gasteiger partial charge < -0.3 is 5.32 Å². The van der Waals surface area contributed by atoms with Crippen molar-refractivity contribution < 1.29 is 13.2 Å². The Labute approximate surface area is 143 Å². The minimum absolute atomic E-state index is 0. The zero-order valence-electron chi connectivity index (χ0n) is 12.3. The number of alkyl halides is 3. The molecule has 1 aromatic heterocycles. The summed E-state index contributed by atoms with van der Waals surface area (Å²) in [6.07, 6.45) is -4.31. The van der Waals surface area contributed by atoms with Crippen molar-refractivity contribution in [2.45, 2.75) is 12.2 Å². The highest BCUT2D eigenvalue weighted by Crippen LogP contribution is 2.35. The van der Waals surface area contributed by atoms with E-state index in [-0.39, 0.29) is 18.4 Å². The highest BCUT2D eigenvalue weighted by atomic mass is 35.5. The van der Waals surface area contributed by atoms with Crippen LogP contribution in [0.4, 0.5) is 13.2 Å². The van der Waals surface area contributed by atoms with E-state index < -0.39 is 11.7 Å². The summed E-state index contributed by atoms with van der Waals surface area (Å²) in [7, 11) is 0. The monoisotopic (exact) mass is 362 g/mol. The summed E-state index contributed by atoms with van der Waals surface area (Å²) in [6, 6.07) is 9.55. The predicted molar refractivity (Wildman–Crippen MR) is 89.3 cm³/mol. The van der Waals surface area contributed by atoms with Gasteiger partial charge in [0.2, 0.25) is 0 Å². The number of thiophene rings is 1. The van der Waals surface area contributed by atoms with Gasteiger partial charge in [-0.25, -0.2) is 0 Å². The second-order valence-electron chi connectivity index (χ2n) is 5.33. The third kappa shape index (κ3) is 4.26. The molecule has 0 amide bonds. The van der Waals surface area contributed by atoms with Crippen molar-refractivity contribution in [3.63, 3.8) is 0 Å². The molecule has 0 unspecified atom stereocenters. The van der Waals surface area contributed by atoms with Crippen molar-refractivity contribution in [1.82, 2.24) is 10.2 Å². The highest BCUT2D eigenvalue weighted by molar-refractivity contribution is 7.10. The van der Waals surface area contributed by atoms with E-state index in [9.17, 15) is 13.2 Å². The largest absolute Gasteiger partial charge is 0.416 e. The molecule has 1 aliphatic heterocycles. The molecule has 0 spiro atoms. The Hall–Kier alpha value is -1.08. The van der Waals surface area contributed by atoms with Crippen molar-refractivity contribution in [2.24, 2.45) is 0 Å². The Bertz CT molecular complexity index is 610. The topological polar surface area (TPSA) is 15.3 Å².